The van der Waals surface area contributed by atoms with E-state index in [0.717, 1.165) is 5.56 Å². The van der Waals surface area contributed by atoms with Crippen LogP contribution in [0, 0.1) is 19.7 Å². The molecular weight excluding hydrogens is 361 g/mol. The number of ether oxygens (including phenoxy) is 2. The minimum absolute atomic E-state index is 0.165. The molecule has 0 atom stereocenters. The smallest absolute Gasteiger partial charge is 0.253 e. The molecule has 0 saturated heterocycles. The maximum atomic E-state index is 14.0. The van der Waals surface area contributed by atoms with E-state index in [1.807, 2.05) is 31.2 Å². The number of aromatic nitrogens is 2. The Labute approximate surface area is 162 Å². The number of rotatable bonds is 7. The molecule has 1 heterocycles. The first kappa shape index (κ1) is 19.7. The number of aryl methyl sites for hydroxylation is 2. The van der Waals surface area contributed by atoms with E-state index in [1.54, 1.807) is 14.0 Å². The van der Waals surface area contributed by atoms with Gasteiger partial charge in [-0.15, -0.1) is 0 Å². The fourth-order valence-corrected chi connectivity index (χ4v) is 2.74. The zero-order chi connectivity index (χ0) is 20.1. The van der Waals surface area contributed by atoms with Crippen molar-refractivity contribution in [3.8, 4) is 5.75 Å². The molecule has 1 N–H and O–H groups in total. The molecule has 0 saturated carbocycles. The van der Waals surface area contributed by atoms with Crippen molar-refractivity contribution >= 4 is 16.9 Å². The van der Waals surface area contributed by atoms with Crippen LogP contribution >= 0.6 is 0 Å². The van der Waals surface area contributed by atoms with Gasteiger partial charge in [-0.1, -0.05) is 12.1 Å². The van der Waals surface area contributed by atoms with Crippen LogP contribution < -0.4 is 10.1 Å². The van der Waals surface area contributed by atoms with Gasteiger partial charge in [0.15, 0.2) is 0 Å². The van der Waals surface area contributed by atoms with Crippen LogP contribution in [-0.2, 0) is 11.3 Å². The van der Waals surface area contributed by atoms with Gasteiger partial charge in [-0.25, -0.2) is 14.4 Å². The lowest BCUT2D eigenvalue weighted by Crippen LogP contribution is -2.23. The summed E-state index contributed by atoms with van der Waals surface area (Å²) in [4.78, 5) is 21.4. The second-order valence-corrected chi connectivity index (χ2v) is 6.39. The lowest BCUT2D eigenvalue weighted by atomic mass is 10.1. The Kier molecular flexibility index (Phi) is 6.16. The lowest BCUT2D eigenvalue weighted by Gasteiger charge is -2.11. The van der Waals surface area contributed by atoms with Gasteiger partial charge in [0.2, 0.25) is 0 Å². The molecule has 0 aliphatic rings. The number of carbonyl (C=O) groups excluding carboxylic acids is 1. The fraction of sp³-hybridized carbons (Fsp3) is 0.286. The Hall–Kier alpha value is -3.06. The van der Waals surface area contributed by atoms with E-state index in [1.165, 1.54) is 12.1 Å². The number of amides is 1. The Morgan fingerprint density at radius 2 is 1.89 bits per heavy atom. The number of nitrogens with zero attached hydrogens (tertiary/aromatic N) is 2. The molecule has 0 aliphatic carbocycles. The predicted molar refractivity (Wildman–Crippen MR) is 104 cm³/mol. The second-order valence-electron chi connectivity index (χ2n) is 6.39. The molecule has 1 aromatic heterocycles. The largest absolute Gasteiger partial charge is 0.491 e. The van der Waals surface area contributed by atoms with E-state index in [2.05, 4.69) is 15.3 Å². The van der Waals surface area contributed by atoms with Gasteiger partial charge in [0, 0.05) is 19.7 Å². The summed E-state index contributed by atoms with van der Waals surface area (Å²) in [6, 6.07) is 9.87. The summed E-state index contributed by atoms with van der Waals surface area (Å²) < 4.78 is 24.5. The van der Waals surface area contributed by atoms with Crippen molar-refractivity contribution in [1.82, 2.24) is 15.3 Å². The van der Waals surface area contributed by atoms with Crippen LogP contribution in [0.25, 0.3) is 11.0 Å². The van der Waals surface area contributed by atoms with E-state index in [-0.39, 0.29) is 12.1 Å². The summed E-state index contributed by atoms with van der Waals surface area (Å²) in [7, 11) is 1.61. The van der Waals surface area contributed by atoms with Gasteiger partial charge in [-0.2, -0.15) is 0 Å². The third kappa shape index (κ3) is 4.61. The Balaban J connectivity index is 1.77. The van der Waals surface area contributed by atoms with Gasteiger partial charge in [-0.05, 0) is 37.6 Å². The number of carbonyl (C=O) groups is 1. The van der Waals surface area contributed by atoms with Crippen molar-refractivity contribution in [2.75, 3.05) is 20.3 Å². The third-order valence-corrected chi connectivity index (χ3v) is 4.30. The van der Waals surface area contributed by atoms with Crippen molar-refractivity contribution in [3.63, 3.8) is 0 Å². The van der Waals surface area contributed by atoms with Crippen molar-refractivity contribution in [2.45, 2.75) is 20.4 Å². The number of methoxy groups -OCH3 is 1. The normalized spacial score (nSPS) is 10.9. The first-order valence-corrected chi connectivity index (χ1v) is 8.91. The molecule has 28 heavy (non-hydrogen) atoms. The van der Waals surface area contributed by atoms with E-state index in [0.29, 0.717) is 41.4 Å². The first-order chi connectivity index (χ1) is 13.5. The molecule has 0 fully saturated rings. The lowest BCUT2D eigenvalue weighted by molar-refractivity contribution is 0.0952. The predicted octanol–water partition coefficient (Wildman–Crippen LogP) is 3.34. The van der Waals surface area contributed by atoms with Crippen LogP contribution in [0.3, 0.4) is 0 Å². The molecule has 7 heteroatoms. The molecule has 0 bridgehead atoms. The Morgan fingerprint density at radius 1 is 1.11 bits per heavy atom. The van der Waals surface area contributed by atoms with Crippen molar-refractivity contribution in [1.29, 1.82) is 0 Å². The van der Waals surface area contributed by atoms with Crippen LogP contribution in [0.4, 0.5) is 4.39 Å². The average Bonchev–Trinajstić information content (AvgIpc) is 2.67. The summed E-state index contributed by atoms with van der Waals surface area (Å²) in [6.45, 7) is 4.82. The number of benzene rings is 2. The van der Waals surface area contributed by atoms with E-state index >= 15 is 0 Å². The van der Waals surface area contributed by atoms with Crippen LogP contribution in [0.1, 0.15) is 27.3 Å². The molecule has 0 aliphatic heterocycles. The third-order valence-electron chi connectivity index (χ3n) is 4.30. The molecule has 0 radical (unpaired) electrons. The van der Waals surface area contributed by atoms with E-state index in [9.17, 15) is 9.18 Å². The number of halogens is 1. The summed E-state index contributed by atoms with van der Waals surface area (Å²) in [5, 5.41) is 2.81. The zero-order valence-corrected chi connectivity index (χ0v) is 16.1. The highest BCUT2D eigenvalue weighted by Gasteiger charge is 2.15. The maximum Gasteiger partial charge on any atom is 0.253 e. The fourth-order valence-electron chi connectivity index (χ4n) is 2.74. The molecule has 3 rings (SSSR count). The SMILES string of the molecule is COCCOc1cccc(CNC(=O)c2cc(F)cc3nc(C)c(C)nc23)c1. The molecule has 1 amide bonds. The minimum atomic E-state index is -0.524. The van der Waals surface area contributed by atoms with Crippen LogP contribution in [0.2, 0.25) is 0 Å². The number of fused-ring (bicyclic) bond motifs is 1. The average molecular weight is 383 g/mol. The van der Waals surface area contributed by atoms with Crippen molar-refractivity contribution in [3.05, 3.63) is 64.7 Å². The van der Waals surface area contributed by atoms with Gasteiger partial charge in [0.25, 0.3) is 5.91 Å². The van der Waals surface area contributed by atoms with Crippen LogP contribution in [-0.4, -0.2) is 36.2 Å². The van der Waals surface area contributed by atoms with Gasteiger partial charge >= 0.3 is 0 Å². The van der Waals surface area contributed by atoms with Gasteiger partial charge in [0.05, 0.1) is 29.1 Å². The highest BCUT2D eigenvalue weighted by atomic mass is 19.1. The van der Waals surface area contributed by atoms with Gasteiger partial charge < -0.3 is 14.8 Å². The molecule has 6 nitrogen and oxygen atoms in total. The highest BCUT2D eigenvalue weighted by Crippen LogP contribution is 2.20. The topological polar surface area (TPSA) is 73.3 Å². The summed E-state index contributed by atoms with van der Waals surface area (Å²) in [5.74, 6) is -0.242. The molecule has 0 unspecified atom stereocenters. The van der Waals surface area contributed by atoms with Crippen LogP contribution in [0.15, 0.2) is 36.4 Å². The zero-order valence-electron chi connectivity index (χ0n) is 16.1. The number of hydrogen-bond acceptors (Lipinski definition) is 5. The maximum absolute atomic E-state index is 14.0. The highest BCUT2D eigenvalue weighted by molar-refractivity contribution is 6.04. The number of hydrogen-bond donors (Lipinski definition) is 1. The molecule has 0 spiro atoms. The monoisotopic (exact) mass is 383 g/mol. The number of nitrogens with one attached hydrogen (secondary N) is 1. The summed E-state index contributed by atoms with van der Waals surface area (Å²) >= 11 is 0. The minimum Gasteiger partial charge on any atom is -0.491 e. The standard InChI is InChI=1S/C21H22FN3O3/c1-13-14(2)25-20-18(10-16(22)11-19(20)24-13)21(26)23-12-15-5-4-6-17(9-15)28-8-7-27-3/h4-6,9-11H,7-8,12H2,1-3H3,(H,23,26). The first-order valence-electron chi connectivity index (χ1n) is 8.91. The van der Waals surface area contributed by atoms with E-state index < -0.39 is 11.7 Å². The Morgan fingerprint density at radius 3 is 2.68 bits per heavy atom. The molecule has 146 valence electrons. The van der Waals surface area contributed by atoms with E-state index in [4.69, 9.17) is 9.47 Å². The van der Waals surface area contributed by atoms with Gasteiger partial charge in [0.1, 0.15) is 23.7 Å². The quantitative estimate of drug-likeness (QED) is 0.634. The Bertz CT molecular complexity index is 1010. The van der Waals surface area contributed by atoms with Crippen LogP contribution in [0.5, 0.6) is 5.75 Å². The summed E-state index contributed by atoms with van der Waals surface area (Å²) in [6.07, 6.45) is 0. The molecule has 3 aromatic rings. The summed E-state index contributed by atoms with van der Waals surface area (Å²) in [5.41, 5.74) is 3.18. The molecule has 2 aromatic carbocycles. The molecular formula is C21H22FN3O3. The second kappa shape index (κ2) is 8.75. The van der Waals surface area contributed by atoms with Crippen molar-refractivity contribution in [2.24, 2.45) is 0 Å². The van der Waals surface area contributed by atoms with Gasteiger partial charge in [-0.3, -0.25) is 4.79 Å². The van der Waals surface area contributed by atoms with Crippen molar-refractivity contribution < 1.29 is 18.7 Å².